The van der Waals surface area contributed by atoms with Crippen LogP contribution >= 0.6 is 0 Å². The van der Waals surface area contributed by atoms with Crippen molar-refractivity contribution in [3.63, 3.8) is 0 Å². The first-order chi connectivity index (χ1) is 8.53. The van der Waals surface area contributed by atoms with Crippen molar-refractivity contribution in [2.75, 3.05) is 18.9 Å². The Labute approximate surface area is 106 Å². The molecule has 3 N–H and O–H groups in total. The fourth-order valence-corrected chi connectivity index (χ4v) is 3.26. The van der Waals surface area contributed by atoms with Crippen LogP contribution in [0, 0.1) is 0 Å². The van der Waals surface area contributed by atoms with Crippen molar-refractivity contribution in [1.82, 2.24) is 14.5 Å². The molecule has 2 heterocycles. The summed E-state index contributed by atoms with van der Waals surface area (Å²) in [5.74, 6) is 0.0383. The molecule has 1 aliphatic rings. The summed E-state index contributed by atoms with van der Waals surface area (Å²) in [5, 5.41) is 3.94. The second-order valence-corrected chi connectivity index (χ2v) is 5.92. The van der Waals surface area contributed by atoms with E-state index in [1.807, 2.05) is 6.92 Å². The number of ether oxygens (including phenoxy) is 1. The Bertz CT molecular complexity index is 505. The summed E-state index contributed by atoms with van der Waals surface area (Å²) in [5.41, 5.74) is 5.63. The van der Waals surface area contributed by atoms with E-state index < -0.39 is 10.0 Å². The predicted octanol–water partition coefficient (Wildman–Crippen LogP) is -0.0575. The van der Waals surface area contributed by atoms with Gasteiger partial charge in [0.25, 0.3) is 0 Å². The minimum absolute atomic E-state index is 0.0383. The maximum Gasteiger partial charge on any atom is 0.246 e. The number of anilines is 1. The number of sulfonamides is 1. The van der Waals surface area contributed by atoms with Crippen LogP contribution in [0.3, 0.4) is 0 Å². The van der Waals surface area contributed by atoms with E-state index in [1.165, 1.54) is 10.9 Å². The van der Waals surface area contributed by atoms with Gasteiger partial charge in [-0.25, -0.2) is 13.1 Å². The van der Waals surface area contributed by atoms with Gasteiger partial charge in [-0.3, -0.25) is 4.68 Å². The van der Waals surface area contributed by atoms with Gasteiger partial charge in [-0.1, -0.05) is 0 Å². The number of aryl methyl sites for hydroxylation is 1. The second kappa shape index (κ2) is 5.25. The minimum Gasteiger partial charge on any atom is -0.381 e. The Morgan fingerprint density at radius 3 is 2.78 bits per heavy atom. The zero-order valence-electron chi connectivity index (χ0n) is 10.3. The van der Waals surface area contributed by atoms with Crippen LogP contribution < -0.4 is 10.5 Å². The highest BCUT2D eigenvalue weighted by molar-refractivity contribution is 7.89. The molecule has 0 aliphatic carbocycles. The second-order valence-electron chi connectivity index (χ2n) is 4.24. The number of nitrogens with two attached hydrogens (primary N) is 1. The maximum absolute atomic E-state index is 12.2. The van der Waals surface area contributed by atoms with Gasteiger partial charge >= 0.3 is 0 Å². The first-order valence-corrected chi connectivity index (χ1v) is 7.44. The van der Waals surface area contributed by atoms with Gasteiger partial charge in [0.2, 0.25) is 10.0 Å². The van der Waals surface area contributed by atoms with Crippen LogP contribution in [0.2, 0.25) is 0 Å². The number of nitrogens with zero attached hydrogens (tertiary/aromatic N) is 2. The van der Waals surface area contributed by atoms with Crippen molar-refractivity contribution in [3.8, 4) is 0 Å². The fourth-order valence-electron chi connectivity index (χ4n) is 1.89. The molecule has 0 aromatic carbocycles. The van der Waals surface area contributed by atoms with Crippen molar-refractivity contribution in [1.29, 1.82) is 0 Å². The van der Waals surface area contributed by atoms with E-state index in [1.54, 1.807) is 0 Å². The molecule has 0 amide bonds. The van der Waals surface area contributed by atoms with Gasteiger partial charge in [-0.05, 0) is 19.8 Å². The molecule has 1 aromatic rings. The van der Waals surface area contributed by atoms with E-state index in [-0.39, 0.29) is 16.8 Å². The topological polar surface area (TPSA) is 99.2 Å². The number of nitrogens with one attached hydrogen (secondary N) is 1. The smallest absolute Gasteiger partial charge is 0.246 e. The van der Waals surface area contributed by atoms with Crippen molar-refractivity contribution in [2.24, 2.45) is 0 Å². The van der Waals surface area contributed by atoms with Gasteiger partial charge in [-0.2, -0.15) is 5.10 Å². The molecule has 0 atom stereocenters. The van der Waals surface area contributed by atoms with Gasteiger partial charge in [-0.15, -0.1) is 0 Å². The molecule has 1 fully saturated rings. The molecule has 0 saturated carbocycles. The molecule has 1 aromatic heterocycles. The summed E-state index contributed by atoms with van der Waals surface area (Å²) < 4.78 is 33.7. The molecule has 0 spiro atoms. The third kappa shape index (κ3) is 2.82. The molecule has 0 bridgehead atoms. The molecule has 0 radical (unpaired) electrons. The van der Waals surface area contributed by atoms with Crippen molar-refractivity contribution in [2.45, 2.75) is 37.2 Å². The third-order valence-electron chi connectivity index (χ3n) is 2.91. The fraction of sp³-hybridized carbons (Fsp3) is 0.700. The van der Waals surface area contributed by atoms with E-state index in [0.29, 0.717) is 32.6 Å². The summed E-state index contributed by atoms with van der Waals surface area (Å²) >= 11 is 0. The van der Waals surface area contributed by atoms with E-state index in [9.17, 15) is 8.42 Å². The molecule has 102 valence electrons. The lowest BCUT2D eigenvalue weighted by atomic mass is 10.1. The summed E-state index contributed by atoms with van der Waals surface area (Å²) in [6, 6.07) is -0.0897. The van der Waals surface area contributed by atoms with Gasteiger partial charge in [0, 0.05) is 32.0 Å². The van der Waals surface area contributed by atoms with Gasteiger partial charge in [0.1, 0.15) is 4.90 Å². The van der Waals surface area contributed by atoms with E-state index in [2.05, 4.69) is 9.82 Å². The number of rotatable bonds is 4. The summed E-state index contributed by atoms with van der Waals surface area (Å²) in [6.45, 7) is 3.61. The number of nitrogen functional groups attached to an aromatic ring is 1. The molecular formula is C10H18N4O3S. The number of hydrogen-bond acceptors (Lipinski definition) is 5. The Morgan fingerprint density at radius 1 is 1.56 bits per heavy atom. The molecule has 0 unspecified atom stereocenters. The van der Waals surface area contributed by atoms with E-state index in [4.69, 9.17) is 10.5 Å². The zero-order chi connectivity index (χ0) is 13.2. The maximum atomic E-state index is 12.2. The van der Waals surface area contributed by atoms with Crippen LogP contribution in [-0.4, -0.2) is 37.5 Å². The summed E-state index contributed by atoms with van der Waals surface area (Å²) in [6.07, 6.45) is 2.82. The Balaban J connectivity index is 2.16. The van der Waals surface area contributed by atoms with Gasteiger partial charge < -0.3 is 10.5 Å². The quantitative estimate of drug-likeness (QED) is 0.801. The monoisotopic (exact) mass is 274 g/mol. The molecule has 8 heteroatoms. The van der Waals surface area contributed by atoms with Crippen LogP contribution in [-0.2, 0) is 21.3 Å². The average Bonchev–Trinajstić information content (AvgIpc) is 2.72. The molecule has 2 rings (SSSR count). The van der Waals surface area contributed by atoms with Crippen molar-refractivity contribution in [3.05, 3.63) is 6.20 Å². The van der Waals surface area contributed by atoms with E-state index in [0.717, 1.165) is 0 Å². The van der Waals surface area contributed by atoms with Crippen LogP contribution in [0.15, 0.2) is 11.1 Å². The Kier molecular flexibility index (Phi) is 3.88. The third-order valence-corrected chi connectivity index (χ3v) is 4.45. The summed E-state index contributed by atoms with van der Waals surface area (Å²) in [7, 11) is -3.59. The highest BCUT2D eigenvalue weighted by Crippen LogP contribution is 2.18. The highest BCUT2D eigenvalue weighted by atomic mass is 32.2. The zero-order valence-corrected chi connectivity index (χ0v) is 11.1. The normalized spacial score (nSPS) is 18.1. The first-order valence-electron chi connectivity index (χ1n) is 5.96. The van der Waals surface area contributed by atoms with Crippen LogP contribution in [0.25, 0.3) is 0 Å². The van der Waals surface area contributed by atoms with Crippen molar-refractivity contribution < 1.29 is 13.2 Å². The molecule has 7 nitrogen and oxygen atoms in total. The number of hydrogen-bond donors (Lipinski definition) is 2. The molecule has 18 heavy (non-hydrogen) atoms. The SMILES string of the molecule is CCn1cc(S(=O)(=O)NC2CCOCC2)c(N)n1. The van der Waals surface area contributed by atoms with Gasteiger partial charge in [0.15, 0.2) is 5.82 Å². The lowest BCUT2D eigenvalue weighted by molar-refractivity contribution is 0.0832. The van der Waals surface area contributed by atoms with Gasteiger partial charge in [0.05, 0.1) is 0 Å². The minimum atomic E-state index is -3.59. The van der Waals surface area contributed by atoms with Crippen LogP contribution in [0.1, 0.15) is 19.8 Å². The average molecular weight is 274 g/mol. The number of aromatic nitrogens is 2. The lowest BCUT2D eigenvalue weighted by Gasteiger charge is -2.22. The predicted molar refractivity (Wildman–Crippen MR) is 66.5 cm³/mol. The van der Waals surface area contributed by atoms with Crippen molar-refractivity contribution >= 4 is 15.8 Å². The molecule has 1 saturated heterocycles. The highest BCUT2D eigenvalue weighted by Gasteiger charge is 2.25. The molecule has 1 aliphatic heterocycles. The lowest BCUT2D eigenvalue weighted by Crippen LogP contribution is -2.38. The van der Waals surface area contributed by atoms with Crippen LogP contribution in [0.4, 0.5) is 5.82 Å². The van der Waals surface area contributed by atoms with Crippen LogP contribution in [0.5, 0.6) is 0 Å². The first kappa shape index (κ1) is 13.3. The molecular weight excluding hydrogens is 256 g/mol. The standard InChI is InChI=1S/C10H18N4O3S/c1-2-14-7-9(10(11)12-14)18(15,16)13-8-3-5-17-6-4-8/h7-8,13H,2-6H2,1H3,(H2,11,12). The Morgan fingerprint density at radius 2 is 2.22 bits per heavy atom. The van der Waals surface area contributed by atoms with E-state index >= 15 is 0 Å². The largest absolute Gasteiger partial charge is 0.381 e. The Hall–Kier alpha value is -1.12. The summed E-state index contributed by atoms with van der Waals surface area (Å²) in [4.78, 5) is 0.0517.